The van der Waals surface area contributed by atoms with Gasteiger partial charge in [-0.2, -0.15) is 8.75 Å². The average Bonchev–Trinajstić information content (AvgIpc) is 2.98. The van der Waals surface area contributed by atoms with Crippen LogP contribution < -0.4 is 0 Å². The van der Waals surface area contributed by atoms with Crippen LogP contribution in [0.2, 0.25) is 0 Å². The highest BCUT2D eigenvalue weighted by molar-refractivity contribution is 6.99. The molecule has 0 spiro atoms. The first kappa shape index (κ1) is 10.1. The van der Waals surface area contributed by atoms with Crippen LogP contribution in [0.1, 0.15) is 16.2 Å². The Labute approximate surface area is 99.0 Å². The highest BCUT2D eigenvalue weighted by Crippen LogP contribution is 2.23. The van der Waals surface area contributed by atoms with E-state index in [1.54, 1.807) is 12.1 Å². The molecular formula is C11H5FN2O2S. The lowest BCUT2D eigenvalue weighted by atomic mass is 10.2. The molecule has 84 valence electrons. The van der Waals surface area contributed by atoms with Crippen LogP contribution in [0.3, 0.4) is 0 Å². The minimum Gasteiger partial charge on any atom is -0.449 e. The largest absolute Gasteiger partial charge is 0.449 e. The summed E-state index contributed by atoms with van der Waals surface area (Å²) in [4.78, 5) is 11.9. The van der Waals surface area contributed by atoms with Gasteiger partial charge in [0.15, 0.2) is 17.2 Å². The van der Waals surface area contributed by atoms with Gasteiger partial charge in [-0.25, -0.2) is 4.39 Å². The van der Waals surface area contributed by atoms with E-state index in [2.05, 4.69) is 8.75 Å². The number of hydrogen-bond donors (Lipinski definition) is 0. The minimum atomic E-state index is -0.488. The number of halogens is 1. The summed E-state index contributed by atoms with van der Waals surface area (Å²) < 4.78 is 26.1. The van der Waals surface area contributed by atoms with Crippen LogP contribution >= 0.6 is 11.7 Å². The SMILES string of the molecule is O=C(c1cnsn1)c1cc2cccc(F)c2o1. The van der Waals surface area contributed by atoms with E-state index < -0.39 is 11.6 Å². The predicted molar refractivity (Wildman–Crippen MR) is 59.5 cm³/mol. The quantitative estimate of drug-likeness (QED) is 0.654. The molecule has 0 unspecified atom stereocenters. The zero-order valence-corrected chi connectivity index (χ0v) is 9.20. The van der Waals surface area contributed by atoms with Crippen molar-refractivity contribution in [2.45, 2.75) is 0 Å². The molecule has 4 nitrogen and oxygen atoms in total. The molecule has 0 amide bonds. The normalized spacial score (nSPS) is 10.9. The summed E-state index contributed by atoms with van der Waals surface area (Å²) in [5.41, 5.74) is 0.286. The first-order valence-corrected chi connectivity index (χ1v) is 5.49. The van der Waals surface area contributed by atoms with Crippen LogP contribution in [0.15, 0.2) is 34.9 Å². The Morgan fingerprint density at radius 2 is 2.29 bits per heavy atom. The number of aromatic nitrogens is 2. The summed E-state index contributed by atoms with van der Waals surface area (Å²) in [6.45, 7) is 0. The van der Waals surface area contributed by atoms with Gasteiger partial charge in [-0.05, 0) is 12.1 Å². The van der Waals surface area contributed by atoms with Gasteiger partial charge in [0, 0.05) is 5.39 Å². The second kappa shape index (κ2) is 3.74. The summed E-state index contributed by atoms with van der Waals surface area (Å²) in [7, 11) is 0. The molecule has 0 aliphatic carbocycles. The van der Waals surface area contributed by atoms with E-state index >= 15 is 0 Å². The first-order chi connectivity index (χ1) is 8.25. The molecule has 17 heavy (non-hydrogen) atoms. The molecule has 0 atom stereocenters. The Morgan fingerprint density at radius 1 is 1.41 bits per heavy atom. The molecule has 0 saturated heterocycles. The fourth-order valence-corrected chi connectivity index (χ4v) is 1.94. The highest BCUT2D eigenvalue weighted by Gasteiger charge is 2.18. The predicted octanol–water partition coefficient (Wildman–Crippen LogP) is 2.65. The fourth-order valence-electron chi connectivity index (χ4n) is 1.53. The smallest absolute Gasteiger partial charge is 0.249 e. The van der Waals surface area contributed by atoms with Gasteiger partial charge in [-0.15, -0.1) is 0 Å². The van der Waals surface area contributed by atoms with Crippen molar-refractivity contribution in [1.82, 2.24) is 8.75 Å². The van der Waals surface area contributed by atoms with Crippen molar-refractivity contribution in [3.05, 3.63) is 47.7 Å². The third-order valence-corrected chi connectivity index (χ3v) is 2.79. The standard InChI is InChI=1S/C11H5FN2O2S/c12-7-3-1-2-6-4-9(16-11(6)7)10(15)8-5-13-17-14-8/h1-5H. The van der Waals surface area contributed by atoms with E-state index in [0.717, 1.165) is 11.7 Å². The van der Waals surface area contributed by atoms with Gasteiger partial charge >= 0.3 is 0 Å². The molecule has 0 N–H and O–H groups in total. The Morgan fingerprint density at radius 3 is 3.00 bits per heavy atom. The molecule has 2 heterocycles. The maximum Gasteiger partial charge on any atom is 0.249 e. The van der Waals surface area contributed by atoms with Crippen molar-refractivity contribution < 1.29 is 13.6 Å². The number of furan rings is 1. The van der Waals surface area contributed by atoms with Crippen LogP contribution in [-0.2, 0) is 0 Å². The van der Waals surface area contributed by atoms with Gasteiger partial charge in [0.2, 0.25) is 5.78 Å². The number of fused-ring (bicyclic) bond motifs is 1. The minimum absolute atomic E-state index is 0.0674. The maximum absolute atomic E-state index is 13.4. The van der Waals surface area contributed by atoms with Gasteiger partial charge in [-0.3, -0.25) is 4.79 Å². The molecule has 0 bridgehead atoms. The van der Waals surface area contributed by atoms with E-state index in [1.807, 2.05) is 0 Å². The van der Waals surface area contributed by atoms with Crippen molar-refractivity contribution in [3.63, 3.8) is 0 Å². The lowest BCUT2D eigenvalue weighted by Crippen LogP contribution is -1.98. The zero-order chi connectivity index (χ0) is 11.8. The number of para-hydroxylation sites is 1. The van der Waals surface area contributed by atoms with Crippen LogP contribution in [-0.4, -0.2) is 14.5 Å². The summed E-state index contributed by atoms with van der Waals surface area (Å²) in [5, 5.41) is 0.552. The third kappa shape index (κ3) is 1.62. The Bertz CT molecular complexity index is 691. The van der Waals surface area contributed by atoms with E-state index in [4.69, 9.17) is 4.42 Å². The van der Waals surface area contributed by atoms with Crippen LogP contribution in [0.5, 0.6) is 0 Å². The number of ketones is 1. The van der Waals surface area contributed by atoms with Crippen LogP contribution in [0, 0.1) is 5.82 Å². The van der Waals surface area contributed by atoms with Gasteiger partial charge < -0.3 is 4.42 Å². The second-order valence-corrected chi connectivity index (χ2v) is 3.95. The van der Waals surface area contributed by atoms with E-state index in [1.165, 1.54) is 18.3 Å². The van der Waals surface area contributed by atoms with E-state index in [-0.39, 0.29) is 17.0 Å². The van der Waals surface area contributed by atoms with Gasteiger partial charge in [0.1, 0.15) is 5.69 Å². The van der Waals surface area contributed by atoms with E-state index in [9.17, 15) is 9.18 Å². The molecule has 2 aromatic heterocycles. The Balaban J connectivity index is 2.13. The number of hydrogen-bond acceptors (Lipinski definition) is 5. The summed E-state index contributed by atoms with van der Waals surface area (Å²) >= 11 is 0.936. The fraction of sp³-hybridized carbons (Fsp3) is 0. The lowest BCUT2D eigenvalue weighted by molar-refractivity contribution is 0.101. The van der Waals surface area contributed by atoms with Crippen LogP contribution in [0.25, 0.3) is 11.0 Å². The highest BCUT2D eigenvalue weighted by atomic mass is 32.1. The number of benzene rings is 1. The van der Waals surface area contributed by atoms with E-state index in [0.29, 0.717) is 5.39 Å². The number of nitrogens with zero attached hydrogens (tertiary/aromatic N) is 2. The van der Waals surface area contributed by atoms with Crippen molar-refractivity contribution >= 4 is 28.5 Å². The first-order valence-electron chi connectivity index (χ1n) is 4.76. The molecule has 0 aliphatic heterocycles. The summed E-state index contributed by atoms with van der Waals surface area (Å²) in [5.74, 6) is -0.815. The number of carbonyl (C=O) groups is 1. The van der Waals surface area contributed by atoms with Crippen molar-refractivity contribution in [2.75, 3.05) is 0 Å². The second-order valence-electron chi connectivity index (χ2n) is 3.39. The van der Waals surface area contributed by atoms with Crippen LogP contribution in [0.4, 0.5) is 4.39 Å². The monoisotopic (exact) mass is 248 g/mol. The molecular weight excluding hydrogens is 243 g/mol. The maximum atomic E-state index is 13.4. The zero-order valence-electron chi connectivity index (χ0n) is 8.38. The average molecular weight is 248 g/mol. The third-order valence-electron chi connectivity index (χ3n) is 2.31. The van der Waals surface area contributed by atoms with Crippen molar-refractivity contribution in [2.24, 2.45) is 0 Å². The molecule has 3 aromatic rings. The van der Waals surface area contributed by atoms with Gasteiger partial charge in [0.05, 0.1) is 17.9 Å². The molecule has 0 aliphatic rings. The number of rotatable bonds is 2. The molecule has 0 radical (unpaired) electrons. The molecule has 0 fully saturated rings. The Kier molecular flexibility index (Phi) is 2.22. The number of carbonyl (C=O) groups excluding carboxylic acids is 1. The lowest BCUT2D eigenvalue weighted by Gasteiger charge is -1.90. The van der Waals surface area contributed by atoms with Gasteiger partial charge in [0.25, 0.3) is 0 Å². The summed E-state index contributed by atoms with van der Waals surface area (Å²) in [6, 6.07) is 6.02. The molecule has 1 aromatic carbocycles. The molecule has 3 rings (SSSR count). The van der Waals surface area contributed by atoms with Crippen molar-refractivity contribution in [3.8, 4) is 0 Å². The molecule has 6 heteroatoms. The molecule has 0 saturated carbocycles. The van der Waals surface area contributed by atoms with Crippen molar-refractivity contribution in [1.29, 1.82) is 0 Å². The topological polar surface area (TPSA) is 56.0 Å². The Hall–Kier alpha value is -2.08. The van der Waals surface area contributed by atoms with Gasteiger partial charge in [-0.1, -0.05) is 12.1 Å². The summed E-state index contributed by atoms with van der Waals surface area (Å²) in [6.07, 6.45) is 1.36.